The van der Waals surface area contributed by atoms with Crippen LogP contribution in [0.2, 0.25) is 0 Å². The van der Waals surface area contributed by atoms with E-state index in [-0.39, 0.29) is 5.56 Å². The van der Waals surface area contributed by atoms with Gasteiger partial charge in [0.05, 0.1) is 17.4 Å². The number of nitrogens with zero attached hydrogens (tertiary/aromatic N) is 2. The van der Waals surface area contributed by atoms with Crippen LogP contribution in [0.25, 0.3) is 10.9 Å². The van der Waals surface area contributed by atoms with Gasteiger partial charge in [-0.1, -0.05) is 12.1 Å². The molecule has 2 N–H and O–H groups in total. The summed E-state index contributed by atoms with van der Waals surface area (Å²) in [5.74, 6) is 0.639. The lowest BCUT2D eigenvalue weighted by molar-refractivity contribution is 0.414. The fourth-order valence-corrected chi connectivity index (χ4v) is 2.57. The maximum absolute atomic E-state index is 12.1. The van der Waals surface area contributed by atoms with E-state index in [1.165, 1.54) is 12.8 Å². The van der Waals surface area contributed by atoms with Gasteiger partial charge in [0.15, 0.2) is 5.11 Å². The summed E-state index contributed by atoms with van der Waals surface area (Å²) in [5.41, 5.74) is 0.612. The molecule has 0 amide bonds. The van der Waals surface area contributed by atoms with Crippen molar-refractivity contribution in [3.8, 4) is 0 Å². The molecule has 1 saturated carbocycles. The molecule has 110 valence electrons. The van der Waals surface area contributed by atoms with Crippen LogP contribution in [0.4, 0.5) is 0 Å². The Morgan fingerprint density at radius 2 is 2.24 bits per heavy atom. The standard InChI is InChI=1S/C15H18N4OS/c1-2-19(15(21)16-10-7-8-10)9-13-17-12-6-4-3-5-11(12)14(20)18-13/h3-6,10H,2,7-9H2,1H3,(H,16,21)(H,17,18,20). The number of nitrogens with one attached hydrogen (secondary N) is 2. The Kier molecular flexibility index (Phi) is 3.88. The molecule has 0 atom stereocenters. The van der Waals surface area contributed by atoms with Crippen LogP contribution in [0, 0.1) is 0 Å². The molecule has 0 radical (unpaired) electrons. The molecule has 2 aromatic rings. The Labute approximate surface area is 128 Å². The van der Waals surface area contributed by atoms with Crippen molar-refractivity contribution in [2.75, 3.05) is 6.54 Å². The third-order valence-electron chi connectivity index (χ3n) is 3.58. The lowest BCUT2D eigenvalue weighted by Gasteiger charge is -2.23. The van der Waals surface area contributed by atoms with Gasteiger partial charge in [-0.3, -0.25) is 4.79 Å². The van der Waals surface area contributed by atoms with Crippen LogP contribution in [0.3, 0.4) is 0 Å². The van der Waals surface area contributed by atoms with Gasteiger partial charge in [-0.25, -0.2) is 4.98 Å². The van der Waals surface area contributed by atoms with Crippen LogP contribution >= 0.6 is 12.2 Å². The molecular formula is C15H18N4OS. The quantitative estimate of drug-likeness (QED) is 0.843. The van der Waals surface area contributed by atoms with Gasteiger partial charge in [0, 0.05) is 12.6 Å². The second-order valence-corrected chi connectivity index (χ2v) is 5.65. The van der Waals surface area contributed by atoms with Crippen LogP contribution in [0.15, 0.2) is 29.1 Å². The predicted molar refractivity (Wildman–Crippen MR) is 87.2 cm³/mol. The summed E-state index contributed by atoms with van der Waals surface area (Å²) >= 11 is 5.41. The lowest BCUT2D eigenvalue weighted by atomic mass is 10.2. The normalized spacial score (nSPS) is 14.1. The summed E-state index contributed by atoms with van der Waals surface area (Å²) in [6.45, 7) is 3.32. The first-order valence-corrected chi connectivity index (χ1v) is 7.61. The predicted octanol–water partition coefficient (Wildman–Crippen LogP) is 1.78. The molecule has 21 heavy (non-hydrogen) atoms. The molecule has 5 nitrogen and oxygen atoms in total. The average molecular weight is 302 g/mol. The monoisotopic (exact) mass is 302 g/mol. The van der Waals surface area contributed by atoms with Crippen LogP contribution < -0.4 is 10.9 Å². The summed E-state index contributed by atoms with van der Waals surface area (Å²) in [6, 6.07) is 7.88. The van der Waals surface area contributed by atoms with Crippen molar-refractivity contribution < 1.29 is 0 Å². The topological polar surface area (TPSA) is 61.0 Å². The van der Waals surface area contributed by atoms with Crippen LogP contribution in [-0.2, 0) is 6.54 Å². The third kappa shape index (κ3) is 3.21. The number of hydrogen-bond acceptors (Lipinski definition) is 3. The smallest absolute Gasteiger partial charge is 0.258 e. The number of H-pyrrole nitrogens is 1. The van der Waals surface area contributed by atoms with E-state index in [4.69, 9.17) is 12.2 Å². The highest BCUT2D eigenvalue weighted by Gasteiger charge is 2.23. The van der Waals surface area contributed by atoms with Crippen molar-refractivity contribution in [3.05, 3.63) is 40.4 Å². The van der Waals surface area contributed by atoms with E-state index in [1.807, 2.05) is 30.0 Å². The van der Waals surface area contributed by atoms with E-state index in [9.17, 15) is 4.79 Å². The highest BCUT2D eigenvalue weighted by atomic mass is 32.1. The summed E-state index contributed by atoms with van der Waals surface area (Å²) in [4.78, 5) is 21.4. The van der Waals surface area contributed by atoms with Crippen molar-refractivity contribution in [3.63, 3.8) is 0 Å². The average Bonchev–Trinajstić information content (AvgIpc) is 3.28. The molecule has 3 rings (SSSR count). The summed E-state index contributed by atoms with van der Waals surface area (Å²) in [7, 11) is 0. The minimum atomic E-state index is -0.104. The van der Waals surface area contributed by atoms with Crippen LogP contribution in [0.5, 0.6) is 0 Å². The van der Waals surface area contributed by atoms with Crippen molar-refractivity contribution in [1.29, 1.82) is 0 Å². The van der Waals surface area contributed by atoms with Gasteiger partial charge in [0.1, 0.15) is 5.82 Å². The van der Waals surface area contributed by atoms with E-state index < -0.39 is 0 Å². The Bertz CT molecular complexity index is 723. The molecule has 0 spiro atoms. The summed E-state index contributed by atoms with van der Waals surface area (Å²) in [6.07, 6.45) is 2.37. The molecule has 1 aliphatic carbocycles. The van der Waals surface area contributed by atoms with E-state index in [0.29, 0.717) is 29.3 Å². The molecular weight excluding hydrogens is 284 g/mol. The van der Waals surface area contributed by atoms with Gasteiger partial charge in [-0.05, 0) is 44.1 Å². The number of benzene rings is 1. The summed E-state index contributed by atoms with van der Waals surface area (Å²) < 4.78 is 0. The first-order valence-electron chi connectivity index (χ1n) is 7.20. The highest BCUT2D eigenvalue weighted by molar-refractivity contribution is 7.80. The lowest BCUT2D eigenvalue weighted by Crippen LogP contribution is -2.40. The second kappa shape index (κ2) is 5.81. The Balaban J connectivity index is 1.82. The SMILES string of the molecule is CCN(Cc1nc2ccccc2c(=O)[nH]1)C(=S)NC1CC1. The zero-order valence-corrected chi connectivity index (χ0v) is 12.7. The number of fused-ring (bicyclic) bond motifs is 1. The Hall–Kier alpha value is -1.95. The zero-order chi connectivity index (χ0) is 14.8. The largest absolute Gasteiger partial charge is 0.360 e. The maximum atomic E-state index is 12.1. The molecule has 1 aromatic carbocycles. The molecule has 1 heterocycles. The molecule has 1 aliphatic rings. The first kappa shape index (κ1) is 14.0. The first-order chi connectivity index (χ1) is 10.2. The van der Waals surface area contributed by atoms with E-state index in [0.717, 1.165) is 11.7 Å². The van der Waals surface area contributed by atoms with Crippen molar-refractivity contribution in [2.24, 2.45) is 0 Å². The van der Waals surface area contributed by atoms with E-state index in [2.05, 4.69) is 15.3 Å². The Morgan fingerprint density at radius 3 is 2.95 bits per heavy atom. The molecule has 0 bridgehead atoms. The summed E-state index contributed by atoms with van der Waals surface area (Å²) in [5, 5.41) is 4.66. The van der Waals surface area contributed by atoms with Gasteiger partial charge in [-0.15, -0.1) is 0 Å². The van der Waals surface area contributed by atoms with Gasteiger partial charge in [0.25, 0.3) is 5.56 Å². The maximum Gasteiger partial charge on any atom is 0.258 e. The fraction of sp³-hybridized carbons (Fsp3) is 0.400. The van der Waals surface area contributed by atoms with Crippen LogP contribution in [-0.4, -0.2) is 32.6 Å². The minimum absolute atomic E-state index is 0.104. The molecule has 0 aliphatic heterocycles. The van der Waals surface area contributed by atoms with Gasteiger partial charge in [0.2, 0.25) is 0 Å². The minimum Gasteiger partial charge on any atom is -0.360 e. The van der Waals surface area contributed by atoms with Gasteiger partial charge < -0.3 is 15.2 Å². The van der Waals surface area contributed by atoms with Crippen molar-refractivity contribution in [1.82, 2.24) is 20.2 Å². The van der Waals surface area contributed by atoms with Crippen LogP contribution in [0.1, 0.15) is 25.6 Å². The van der Waals surface area contributed by atoms with Crippen molar-refractivity contribution >= 4 is 28.2 Å². The molecule has 0 saturated heterocycles. The number of aromatic nitrogens is 2. The van der Waals surface area contributed by atoms with Gasteiger partial charge >= 0.3 is 0 Å². The molecule has 0 unspecified atom stereocenters. The zero-order valence-electron chi connectivity index (χ0n) is 11.9. The molecule has 1 aromatic heterocycles. The highest BCUT2D eigenvalue weighted by Crippen LogP contribution is 2.19. The number of thiocarbonyl (C=S) groups is 1. The number of aromatic amines is 1. The van der Waals surface area contributed by atoms with E-state index >= 15 is 0 Å². The van der Waals surface area contributed by atoms with Gasteiger partial charge in [-0.2, -0.15) is 0 Å². The second-order valence-electron chi connectivity index (χ2n) is 5.27. The molecule has 6 heteroatoms. The Morgan fingerprint density at radius 1 is 1.48 bits per heavy atom. The number of hydrogen-bond donors (Lipinski definition) is 2. The van der Waals surface area contributed by atoms with E-state index in [1.54, 1.807) is 6.07 Å². The molecule has 1 fully saturated rings. The fourth-order valence-electron chi connectivity index (χ4n) is 2.21. The number of para-hydroxylation sites is 1. The number of rotatable bonds is 4. The van der Waals surface area contributed by atoms with Crippen molar-refractivity contribution in [2.45, 2.75) is 32.4 Å². The third-order valence-corrected chi connectivity index (χ3v) is 3.95.